The van der Waals surface area contributed by atoms with Crippen molar-refractivity contribution in [1.29, 1.82) is 0 Å². The Bertz CT molecular complexity index is 1310. The number of allylic oxidation sites excluding steroid dienone is 12. The van der Waals surface area contributed by atoms with Gasteiger partial charge in [0.25, 0.3) is 0 Å². The number of rotatable bonds is 56. The van der Waals surface area contributed by atoms with E-state index in [9.17, 15) is 14.3 Å². The lowest BCUT2D eigenvalue weighted by atomic mass is 10.0. The molecule has 0 aromatic heterocycles. The first kappa shape index (κ1) is 67.9. The quantitative estimate of drug-likeness (QED) is 0.0268. The molecule has 2 atom stereocenters. The molecule has 3 N–H and O–H groups in total. The SMILES string of the molecule is CC/C=C\C/C=C\C/C=C\C/C=C\C/C=C\CCCCCCCCCCCCOCC(COP(=O)(O)OCCN)OC(=O)CCCCCCCCCCCCCCC/C=C\CCCCCCCCCC. The van der Waals surface area contributed by atoms with Gasteiger partial charge in [0.2, 0.25) is 0 Å². The second-order valence-corrected chi connectivity index (χ2v) is 20.9. The van der Waals surface area contributed by atoms with Crippen LogP contribution in [0.3, 0.4) is 0 Å². The van der Waals surface area contributed by atoms with Gasteiger partial charge in [0, 0.05) is 19.6 Å². The molecule has 0 spiro atoms. The topological polar surface area (TPSA) is 117 Å². The van der Waals surface area contributed by atoms with Crippen molar-refractivity contribution in [3.05, 3.63) is 72.9 Å². The number of carbonyl (C=O) groups is 1. The number of nitrogens with two attached hydrogens (primary N) is 1. The van der Waals surface area contributed by atoms with E-state index in [2.05, 4.69) is 86.8 Å². The number of hydrogen-bond donors (Lipinski definition) is 2. The van der Waals surface area contributed by atoms with E-state index in [4.69, 9.17) is 24.3 Å². The minimum Gasteiger partial charge on any atom is -0.457 e. The molecule has 0 saturated heterocycles. The summed E-state index contributed by atoms with van der Waals surface area (Å²) in [6, 6.07) is 0. The van der Waals surface area contributed by atoms with E-state index in [1.54, 1.807) is 0 Å². The van der Waals surface area contributed by atoms with Crippen LogP contribution in [0.25, 0.3) is 0 Å². The summed E-state index contributed by atoms with van der Waals surface area (Å²) in [5.41, 5.74) is 5.41. The van der Waals surface area contributed by atoms with Crippen molar-refractivity contribution in [3.63, 3.8) is 0 Å². The van der Waals surface area contributed by atoms with Crippen molar-refractivity contribution in [1.82, 2.24) is 0 Å². The summed E-state index contributed by atoms with van der Waals surface area (Å²) in [4.78, 5) is 22.7. The van der Waals surface area contributed by atoms with E-state index in [1.807, 2.05) is 0 Å². The molecule has 0 amide bonds. The van der Waals surface area contributed by atoms with Crippen molar-refractivity contribution in [2.75, 3.05) is 33.0 Å². The van der Waals surface area contributed by atoms with Crippen LogP contribution >= 0.6 is 7.82 Å². The molecule has 0 heterocycles. The van der Waals surface area contributed by atoms with Crippen LogP contribution in [0.5, 0.6) is 0 Å². The molecule has 0 saturated carbocycles. The van der Waals surface area contributed by atoms with Crippen molar-refractivity contribution in [2.45, 2.75) is 277 Å². The highest BCUT2D eigenvalue weighted by molar-refractivity contribution is 7.47. The van der Waals surface area contributed by atoms with Gasteiger partial charge in [0.15, 0.2) is 0 Å². The Labute approximate surface area is 433 Å². The second kappa shape index (κ2) is 57.8. The average Bonchev–Trinajstić information content (AvgIpc) is 3.35. The number of phosphoric acid groups is 1. The fourth-order valence-electron chi connectivity index (χ4n) is 8.32. The fraction of sp³-hybridized carbons (Fsp3) is 0.787. The van der Waals surface area contributed by atoms with Crippen molar-refractivity contribution < 1.29 is 32.8 Å². The first-order valence-electron chi connectivity index (χ1n) is 29.4. The van der Waals surface area contributed by atoms with Gasteiger partial charge < -0.3 is 20.1 Å². The Morgan fingerprint density at radius 1 is 0.443 bits per heavy atom. The molecule has 0 aromatic carbocycles. The van der Waals surface area contributed by atoms with Crippen LogP contribution in [0.2, 0.25) is 0 Å². The monoisotopic (exact) mass is 1000 g/mol. The van der Waals surface area contributed by atoms with Crippen LogP contribution < -0.4 is 5.73 Å². The van der Waals surface area contributed by atoms with Crippen molar-refractivity contribution in [3.8, 4) is 0 Å². The molecule has 9 heteroatoms. The van der Waals surface area contributed by atoms with Crippen LogP contribution in [0.4, 0.5) is 0 Å². The molecule has 0 aliphatic carbocycles. The molecule has 0 radical (unpaired) electrons. The van der Waals surface area contributed by atoms with Gasteiger partial charge in [-0.15, -0.1) is 0 Å². The summed E-state index contributed by atoms with van der Waals surface area (Å²) in [6.07, 6.45) is 75.3. The Balaban J connectivity index is 3.89. The zero-order valence-electron chi connectivity index (χ0n) is 45.7. The van der Waals surface area contributed by atoms with Gasteiger partial charge in [-0.3, -0.25) is 13.8 Å². The summed E-state index contributed by atoms with van der Waals surface area (Å²) < 4.78 is 33.7. The van der Waals surface area contributed by atoms with Crippen LogP contribution in [0.1, 0.15) is 271 Å². The average molecular weight is 1000 g/mol. The number of unbranched alkanes of at least 4 members (excludes halogenated alkanes) is 31. The molecule has 2 unspecified atom stereocenters. The van der Waals surface area contributed by atoms with Crippen LogP contribution in [0, 0.1) is 0 Å². The first-order chi connectivity index (χ1) is 34.4. The number of phosphoric ester groups is 1. The molecule has 0 fully saturated rings. The molecule has 70 heavy (non-hydrogen) atoms. The normalized spacial score (nSPS) is 13.7. The van der Waals surface area contributed by atoms with E-state index >= 15 is 0 Å². The van der Waals surface area contributed by atoms with Crippen molar-refractivity contribution >= 4 is 13.8 Å². The predicted molar refractivity (Wildman–Crippen MR) is 302 cm³/mol. The second-order valence-electron chi connectivity index (χ2n) is 19.5. The summed E-state index contributed by atoms with van der Waals surface area (Å²) in [6.45, 7) is 4.83. The highest BCUT2D eigenvalue weighted by Crippen LogP contribution is 2.43. The Morgan fingerprint density at radius 2 is 0.800 bits per heavy atom. The summed E-state index contributed by atoms with van der Waals surface area (Å²) in [5.74, 6) is -0.330. The van der Waals surface area contributed by atoms with E-state index in [1.165, 1.54) is 186 Å². The highest BCUT2D eigenvalue weighted by atomic mass is 31.2. The first-order valence-corrected chi connectivity index (χ1v) is 30.9. The predicted octanol–water partition coefficient (Wildman–Crippen LogP) is 19.0. The Kier molecular flexibility index (Phi) is 56.1. The fourth-order valence-corrected chi connectivity index (χ4v) is 9.08. The maximum Gasteiger partial charge on any atom is 0.472 e. The largest absolute Gasteiger partial charge is 0.472 e. The van der Waals surface area contributed by atoms with Crippen LogP contribution in [-0.2, 0) is 27.9 Å². The van der Waals surface area contributed by atoms with Gasteiger partial charge in [-0.1, -0.05) is 254 Å². The molecule has 408 valence electrons. The lowest BCUT2D eigenvalue weighted by Crippen LogP contribution is -2.28. The van der Waals surface area contributed by atoms with Crippen LogP contribution in [-0.4, -0.2) is 49.9 Å². The molecule has 0 aliphatic heterocycles. The van der Waals surface area contributed by atoms with Crippen molar-refractivity contribution in [2.24, 2.45) is 5.73 Å². The Morgan fingerprint density at radius 3 is 1.21 bits per heavy atom. The summed E-state index contributed by atoms with van der Waals surface area (Å²) >= 11 is 0. The van der Waals surface area contributed by atoms with Gasteiger partial charge in [-0.05, 0) is 83.5 Å². The number of ether oxygens (including phenoxy) is 2. The third-order valence-corrected chi connectivity index (χ3v) is 13.6. The minimum atomic E-state index is -4.29. The Hall–Kier alpha value is -2.06. The third kappa shape index (κ3) is 56.8. The molecular weight excluding hydrogens is 890 g/mol. The lowest BCUT2D eigenvalue weighted by Gasteiger charge is -2.20. The van der Waals surface area contributed by atoms with Gasteiger partial charge in [-0.25, -0.2) is 4.57 Å². The zero-order chi connectivity index (χ0) is 50.8. The third-order valence-electron chi connectivity index (χ3n) is 12.6. The maximum absolute atomic E-state index is 12.7. The van der Waals surface area contributed by atoms with E-state index in [0.717, 1.165) is 64.2 Å². The van der Waals surface area contributed by atoms with Gasteiger partial charge in [0.05, 0.1) is 19.8 Å². The minimum absolute atomic E-state index is 0.0977. The maximum atomic E-state index is 12.7. The van der Waals surface area contributed by atoms with E-state index in [-0.39, 0.29) is 32.3 Å². The molecular formula is C61H112NO7P. The van der Waals surface area contributed by atoms with Gasteiger partial charge >= 0.3 is 13.8 Å². The molecule has 8 nitrogen and oxygen atoms in total. The highest BCUT2D eigenvalue weighted by Gasteiger charge is 2.25. The number of carbonyl (C=O) groups excluding carboxylic acids is 1. The molecule has 0 aromatic rings. The van der Waals surface area contributed by atoms with E-state index in [0.29, 0.717) is 13.0 Å². The molecule has 0 aliphatic rings. The van der Waals surface area contributed by atoms with Gasteiger partial charge in [0.1, 0.15) is 6.10 Å². The van der Waals surface area contributed by atoms with E-state index < -0.39 is 13.9 Å². The standard InChI is InChI=1S/C61H112NO7P/c1-3-5-7-9-11-13-15-17-19-21-23-25-27-29-31-33-35-37-39-41-43-45-47-49-51-53-56-66-58-60(59-68-70(64,65)67-57-55-62)69-61(63)54-52-50-48-46-44-42-40-38-36-34-32-30-28-26-24-22-20-18-16-14-12-10-8-6-4-2/h5,7,11,13,17,19,22-25,29,31,60H,3-4,6,8-10,12,14-16,18,20-21,26-28,30,32-59,62H2,1-2H3,(H,64,65)/b7-5-,13-11-,19-17-,24-22-,25-23-,31-29-. The summed E-state index contributed by atoms with van der Waals surface area (Å²) in [7, 11) is -4.29. The molecule has 0 rings (SSSR count). The molecule has 0 bridgehead atoms. The van der Waals surface area contributed by atoms with Crippen LogP contribution in [0.15, 0.2) is 72.9 Å². The van der Waals surface area contributed by atoms with Gasteiger partial charge in [-0.2, -0.15) is 0 Å². The summed E-state index contributed by atoms with van der Waals surface area (Å²) in [5, 5.41) is 0. The number of esters is 1. The number of hydrogen-bond acceptors (Lipinski definition) is 7. The zero-order valence-corrected chi connectivity index (χ0v) is 46.6. The smallest absolute Gasteiger partial charge is 0.457 e. The lowest BCUT2D eigenvalue weighted by molar-refractivity contribution is -0.154.